The molecule has 0 aliphatic carbocycles. The Labute approximate surface area is 114 Å². The maximum absolute atomic E-state index is 13.9. The third-order valence-electron chi connectivity index (χ3n) is 2.40. The molecule has 2 rings (SSSR count). The van der Waals surface area contributed by atoms with Crippen LogP contribution in [-0.2, 0) is 6.54 Å². The molecule has 0 saturated carbocycles. The van der Waals surface area contributed by atoms with Gasteiger partial charge in [0, 0.05) is 12.7 Å². The van der Waals surface area contributed by atoms with Gasteiger partial charge in [0.2, 0.25) is 0 Å². The van der Waals surface area contributed by atoms with Crippen molar-refractivity contribution < 1.29 is 8.78 Å². The summed E-state index contributed by atoms with van der Waals surface area (Å²) in [4.78, 5) is 7.65. The summed E-state index contributed by atoms with van der Waals surface area (Å²) in [6, 6.07) is 4.29. The lowest BCUT2D eigenvalue weighted by atomic mass is 10.2. The average molecular weight is 281 g/mol. The van der Waals surface area contributed by atoms with Crippen LogP contribution in [0.15, 0.2) is 40.6 Å². The van der Waals surface area contributed by atoms with Crippen LogP contribution in [0.5, 0.6) is 0 Å². The highest BCUT2D eigenvalue weighted by atomic mass is 32.2. The van der Waals surface area contributed by atoms with Crippen LogP contribution >= 0.6 is 11.8 Å². The number of hydrogen-bond donors (Lipinski definition) is 1. The van der Waals surface area contributed by atoms with Crippen LogP contribution in [0.3, 0.4) is 0 Å². The Morgan fingerprint density at radius 2 is 2.00 bits per heavy atom. The number of rotatable bonds is 5. The van der Waals surface area contributed by atoms with E-state index >= 15 is 0 Å². The molecule has 1 aromatic carbocycles. The Morgan fingerprint density at radius 1 is 1.26 bits per heavy atom. The molecule has 0 aliphatic heterocycles. The first-order valence-electron chi connectivity index (χ1n) is 5.83. The Kier molecular flexibility index (Phi) is 4.81. The van der Waals surface area contributed by atoms with Gasteiger partial charge < -0.3 is 5.32 Å². The highest BCUT2D eigenvalue weighted by molar-refractivity contribution is 7.99. The second-order valence-electron chi connectivity index (χ2n) is 3.82. The fourth-order valence-electron chi connectivity index (χ4n) is 1.52. The standard InChI is InChI=1S/C13H13F2N3S/c1-2-16-7-9-5-10(14)13(11(15)6-9)19-12-3-4-17-8-18-12/h3-6,8,16H,2,7H2,1H3. The van der Waals surface area contributed by atoms with Gasteiger partial charge in [-0.1, -0.05) is 18.7 Å². The van der Waals surface area contributed by atoms with E-state index in [9.17, 15) is 8.78 Å². The minimum atomic E-state index is -0.573. The summed E-state index contributed by atoms with van der Waals surface area (Å²) in [6.45, 7) is 3.13. The third-order valence-corrected chi connectivity index (χ3v) is 3.44. The predicted octanol–water partition coefficient (Wildman–Crippen LogP) is 3.02. The van der Waals surface area contributed by atoms with Gasteiger partial charge in [-0.3, -0.25) is 0 Å². The van der Waals surface area contributed by atoms with Crippen molar-refractivity contribution in [3.05, 3.63) is 47.9 Å². The van der Waals surface area contributed by atoms with E-state index in [1.165, 1.54) is 24.7 Å². The lowest BCUT2D eigenvalue weighted by molar-refractivity contribution is 0.534. The molecule has 0 radical (unpaired) electrons. The number of nitrogens with one attached hydrogen (secondary N) is 1. The van der Waals surface area contributed by atoms with Crippen LogP contribution in [0.2, 0.25) is 0 Å². The van der Waals surface area contributed by atoms with Crippen LogP contribution in [0.4, 0.5) is 8.78 Å². The van der Waals surface area contributed by atoms with Gasteiger partial charge in [0.15, 0.2) is 0 Å². The van der Waals surface area contributed by atoms with Crippen molar-refractivity contribution in [3.8, 4) is 0 Å². The molecule has 0 fully saturated rings. The summed E-state index contributed by atoms with van der Waals surface area (Å²) < 4.78 is 27.8. The highest BCUT2D eigenvalue weighted by Crippen LogP contribution is 2.31. The Hall–Kier alpha value is -1.53. The first kappa shape index (κ1) is 13.9. The lowest BCUT2D eigenvalue weighted by Gasteiger charge is -2.07. The van der Waals surface area contributed by atoms with Gasteiger partial charge >= 0.3 is 0 Å². The van der Waals surface area contributed by atoms with Crippen LogP contribution in [0.1, 0.15) is 12.5 Å². The monoisotopic (exact) mass is 281 g/mol. The van der Waals surface area contributed by atoms with E-state index in [1.54, 1.807) is 6.07 Å². The number of nitrogens with zero attached hydrogens (tertiary/aromatic N) is 2. The van der Waals surface area contributed by atoms with E-state index in [4.69, 9.17) is 0 Å². The Balaban J connectivity index is 2.22. The van der Waals surface area contributed by atoms with E-state index in [2.05, 4.69) is 15.3 Å². The molecule has 0 bridgehead atoms. The van der Waals surface area contributed by atoms with E-state index in [-0.39, 0.29) is 4.90 Å². The molecule has 19 heavy (non-hydrogen) atoms. The van der Waals surface area contributed by atoms with Crippen LogP contribution in [-0.4, -0.2) is 16.5 Å². The van der Waals surface area contributed by atoms with Crippen molar-refractivity contribution in [3.63, 3.8) is 0 Å². The summed E-state index contributed by atoms with van der Waals surface area (Å²) in [5.41, 5.74) is 0.587. The van der Waals surface area contributed by atoms with Gasteiger partial charge in [-0.2, -0.15) is 0 Å². The first-order valence-corrected chi connectivity index (χ1v) is 6.65. The average Bonchev–Trinajstić information content (AvgIpc) is 2.42. The Morgan fingerprint density at radius 3 is 2.58 bits per heavy atom. The number of halogens is 2. The van der Waals surface area contributed by atoms with Crippen molar-refractivity contribution in [1.82, 2.24) is 15.3 Å². The molecule has 0 amide bonds. The molecule has 0 spiro atoms. The predicted molar refractivity (Wildman–Crippen MR) is 69.9 cm³/mol. The second-order valence-corrected chi connectivity index (χ2v) is 4.85. The van der Waals surface area contributed by atoms with E-state index < -0.39 is 11.6 Å². The van der Waals surface area contributed by atoms with E-state index in [1.807, 2.05) is 6.92 Å². The lowest BCUT2D eigenvalue weighted by Crippen LogP contribution is -2.12. The van der Waals surface area contributed by atoms with E-state index in [0.29, 0.717) is 17.1 Å². The molecule has 0 atom stereocenters. The molecule has 1 aromatic heterocycles. The highest BCUT2D eigenvalue weighted by Gasteiger charge is 2.13. The molecule has 6 heteroatoms. The molecular weight excluding hydrogens is 268 g/mol. The molecule has 0 aliphatic rings. The second kappa shape index (κ2) is 6.58. The van der Waals surface area contributed by atoms with Crippen LogP contribution in [0.25, 0.3) is 0 Å². The molecule has 1 N–H and O–H groups in total. The van der Waals surface area contributed by atoms with Gasteiger partial charge in [0.05, 0.1) is 4.90 Å². The van der Waals surface area contributed by atoms with Gasteiger partial charge in [-0.15, -0.1) is 0 Å². The topological polar surface area (TPSA) is 37.8 Å². The van der Waals surface area contributed by atoms with Crippen molar-refractivity contribution >= 4 is 11.8 Å². The van der Waals surface area contributed by atoms with Crippen molar-refractivity contribution in [2.24, 2.45) is 0 Å². The van der Waals surface area contributed by atoms with Gasteiger partial charge in [0.25, 0.3) is 0 Å². The largest absolute Gasteiger partial charge is 0.313 e. The molecule has 0 saturated heterocycles. The van der Waals surface area contributed by atoms with Crippen LogP contribution in [0, 0.1) is 11.6 Å². The molecule has 3 nitrogen and oxygen atoms in total. The fourth-order valence-corrected chi connectivity index (χ4v) is 2.28. The van der Waals surface area contributed by atoms with Gasteiger partial charge in [-0.05, 0) is 30.3 Å². The summed E-state index contributed by atoms with van der Waals surface area (Å²) in [7, 11) is 0. The van der Waals surface area contributed by atoms with Crippen molar-refractivity contribution in [1.29, 1.82) is 0 Å². The molecule has 100 valence electrons. The Bertz CT molecular complexity index is 526. The van der Waals surface area contributed by atoms with Crippen molar-refractivity contribution in [2.75, 3.05) is 6.54 Å². The normalized spacial score (nSPS) is 10.7. The number of benzene rings is 1. The minimum Gasteiger partial charge on any atom is -0.313 e. The fraction of sp³-hybridized carbons (Fsp3) is 0.231. The summed E-state index contributed by atoms with van der Waals surface area (Å²) in [5.74, 6) is -1.15. The summed E-state index contributed by atoms with van der Waals surface area (Å²) in [5, 5.41) is 3.53. The summed E-state index contributed by atoms with van der Waals surface area (Å²) >= 11 is 0.952. The zero-order chi connectivity index (χ0) is 13.7. The molecular formula is C13H13F2N3S. The summed E-state index contributed by atoms with van der Waals surface area (Å²) in [6.07, 6.45) is 2.88. The molecule has 2 aromatic rings. The zero-order valence-electron chi connectivity index (χ0n) is 10.4. The minimum absolute atomic E-state index is 0.0426. The van der Waals surface area contributed by atoms with Crippen molar-refractivity contribution in [2.45, 2.75) is 23.4 Å². The van der Waals surface area contributed by atoms with Crippen LogP contribution < -0.4 is 5.32 Å². The maximum Gasteiger partial charge on any atom is 0.140 e. The van der Waals surface area contributed by atoms with Gasteiger partial charge in [-0.25, -0.2) is 18.7 Å². The smallest absolute Gasteiger partial charge is 0.140 e. The third kappa shape index (κ3) is 3.71. The zero-order valence-corrected chi connectivity index (χ0v) is 11.2. The number of hydrogen-bond acceptors (Lipinski definition) is 4. The molecule has 0 unspecified atom stereocenters. The quantitative estimate of drug-likeness (QED) is 0.855. The van der Waals surface area contributed by atoms with Gasteiger partial charge in [0.1, 0.15) is 23.0 Å². The number of aromatic nitrogens is 2. The SMILES string of the molecule is CCNCc1cc(F)c(Sc2ccncn2)c(F)c1. The molecule has 1 heterocycles. The first-order chi connectivity index (χ1) is 9.20. The van der Waals surface area contributed by atoms with E-state index in [0.717, 1.165) is 18.3 Å². The maximum atomic E-state index is 13.9.